The molecule has 2 N–H and O–H groups in total. The number of hydrogen-bond donors (Lipinski definition) is 2. The zero-order chi connectivity index (χ0) is 24.2. The molecule has 3 aromatic carbocycles. The average molecular weight is 471 g/mol. The number of fused-ring (bicyclic) bond motifs is 1. The third kappa shape index (κ3) is 4.95. The van der Waals surface area contributed by atoms with Gasteiger partial charge in [-0.1, -0.05) is 62.4 Å². The molecule has 4 nitrogen and oxygen atoms in total. The van der Waals surface area contributed by atoms with E-state index in [1.165, 1.54) is 44.2 Å². The van der Waals surface area contributed by atoms with Gasteiger partial charge in [0.15, 0.2) is 0 Å². The molecule has 180 valence electrons. The van der Waals surface area contributed by atoms with E-state index in [9.17, 15) is 9.18 Å². The fourth-order valence-corrected chi connectivity index (χ4v) is 5.19. The first-order valence-corrected chi connectivity index (χ1v) is 12.5. The molecule has 0 bridgehead atoms. The lowest BCUT2D eigenvalue weighted by atomic mass is 9.87. The number of furan rings is 1. The summed E-state index contributed by atoms with van der Waals surface area (Å²) in [5.74, 6) is 0.661. The summed E-state index contributed by atoms with van der Waals surface area (Å²) in [6.45, 7) is 0.893. The predicted octanol–water partition coefficient (Wildman–Crippen LogP) is 7.65. The largest absolute Gasteiger partial charge is 0.455 e. The van der Waals surface area contributed by atoms with Crippen LogP contribution in [-0.2, 0) is 0 Å². The van der Waals surface area contributed by atoms with E-state index in [1.807, 2.05) is 30.3 Å². The Bertz CT molecular complexity index is 1310. The van der Waals surface area contributed by atoms with Gasteiger partial charge in [0, 0.05) is 41.9 Å². The van der Waals surface area contributed by atoms with E-state index in [0.29, 0.717) is 22.5 Å². The molecule has 0 aliphatic heterocycles. The second-order valence-electron chi connectivity index (χ2n) is 9.37. The van der Waals surface area contributed by atoms with E-state index in [1.54, 1.807) is 19.2 Å². The Hall–Kier alpha value is -3.60. The molecule has 1 saturated carbocycles. The molecule has 35 heavy (non-hydrogen) atoms. The molecular formula is C30H31FN2O2. The number of hydrogen-bond acceptors (Lipinski definition) is 3. The minimum Gasteiger partial charge on any atom is -0.455 e. The van der Waals surface area contributed by atoms with Crippen LogP contribution in [0.25, 0.3) is 33.4 Å². The number of anilines is 1. The van der Waals surface area contributed by atoms with Crippen molar-refractivity contribution in [1.82, 2.24) is 5.32 Å². The van der Waals surface area contributed by atoms with Gasteiger partial charge in [0.2, 0.25) is 0 Å². The van der Waals surface area contributed by atoms with Gasteiger partial charge in [-0.3, -0.25) is 4.79 Å². The number of amides is 1. The molecule has 5 heteroatoms. The highest BCUT2D eigenvalue weighted by atomic mass is 19.1. The monoisotopic (exact) mass is 470 g/mol. The van der Waals surface area contributed by atoms with E-state index in [-0.39, 0.29) is 11.7 Å². The van der Waals surface area contributed by atoms with Crippen LogP contribution < -0.4 is 10.6 Å². The van der Waals surface area contributed by atoms with Gasteiger partial charge in [0.25, 0.3) is 5.91 Å². The second-order valence-corrected chi connectivity index (χ2v) is 9.37. The van der Waals surface area contributed by atoms with Gasteiger partial charge in [-0.25, -0.2) is 4.39 Å². The molecule has 0 atom stereocenters. The van der Waals surface area contributed by atoms with Crippen molar-refractivity contribution in [2.75, 3.05) is 18.9 Å². The van der Waals surface area contributed by atoms with E-state index in [0.717, 1.165) is 41.1 Å². The standard InChI is InChI=1S/C30H31FN2O2/c1-32-30(34)28-25-18-24(21-10-6-3-7-11-21)26(33-17-16-20-8-4-2-5-9-20)19-27(25)35-29(28)22-12-14-23(31)15-13-22/h3,6-7,10-15,18-20,33H,2,4-5,8-9,16-17H2,1H3,(H,32,34). The summed E-state index contributed by atoms with van der Waals surface area (Å²) in [4.78, 5) is 13.0. The summed E-state index contributed by atoms with van der Waals surface area (Å²) in [6, 6.07) is 20.3. The van der Waals surface area contributed by atoms with E-state index in [4.69, 9.17) is 4.42 Å². The van der Waals surface area contributed by atoms with Crippen molar-refractivity contribution in [2.24, 2.45) is 5.92 Å². The first-order chi connectivity index (χ1) is 17.1. The van der Waals surface area contributed by atoms with Crippen LogP contribution in [0.4, 0.5) is 10.1 Å². The van der Waals surface area contributed by atoms with Gasteiger partial charge in [-0.15, -0.1) is 0 Å². The minimum atomic E-state index is -0.331. The number of nitrogens with one attached hydrogen (secondary N) is 2. The van der Waals surface area contributed by atoms with Gasteiger partial charge >= 0.3 is 0 Å². The van der Waals surface area contributed by atoms with Crippen molar-refractivity contribution >= 4 is 22.6 Å². The fraction of sp³-hybridized carbons (Fsp3) is 0.300. The number of rotatable bonds is 7. The van der Waals surface area contributed by atoms with Crippen LogP contribution >= 0.6 is 0 Å². The summed E-state index contributed by atoms with van der Waals surface area (Å²) in [5.41, 5.74) is 4.83. The van der Waals surface area contributed by atoms with E-state index >= 15 is 0 Å². The third-order valence-corrected chi connectivity index (χ3v) is 7.07. The van der Waals surface area contributed by atoms with Crippen LogP contribution in [0.15, 0.2) is 71.1 Å². The normalized spacial score (nSPS) is 14.2. The molecular weight excluding hydrogens is 439 g/mol. The molecule has 1 aliphatic carbocycles. The van der Waals surface area contributed by atoms with Crippen molar-refractivity contribution in [3.8, 4) is 22.5 Å². The van der Waals surface area contributed by atoms with E-state index in [2.05, 4.69) is 22.8 Å². The molecule has 1 amide bonds. The minimum absolute atomic E-state index is 0.236. The Morgan fingerprint density at radius 3 is 2.43 bits per heavy atom. The van der Waals surface area contributed by atoms with Crippen molar-refractivity contribution in [3.05, 3.63) is 78.1 Å². The van der Waals surface area contributed by atoms with Gasteiger partial charge in [-0.2, -0.15) is 0 Å². The maximum Gasteiger partial charge on any atom is 0.255 e. The van der Waals surface area contributed by atoms with E-state index < -0.39 is 0 Å². The first-order valence-electron chi connectivity index (χ1n) is 12.5. The lowest BCUT2D eigenvalue weighted by molar-refractivity contribution is 0.0964. The highest BCUT2D eigenvalue weighted by Crippen LogP contribution is 2.40. The van der Waals surface area contributed by atoms with Crippen molar-refractivity contribution in [2.45, 2.75) is 38.5 Å². The van der Waals surface area contributed by atoms with Gasteiger partial charge in [0.1, 0.15) is 17.2 Å². The highest BCUT2D eigenvalue weighted by Gasteiger charge is 2.23. The summed E-state index contributed by atoms with van der Waals surface area (Å²) in [7, 11) is 1.61. The smallest absolute Gasteiger partial charge is 0.255 e. The molecule has 0 unspecified atom stereocenters. The highest BCUT2D eigenvalue weighted by molar-refractivity contribution is 6.12. The molecule has 0 spiro atoms. The molecule has 1 fully saturated rings. The Balaban J connectivity index is 1.58. The van der Waals surface area contributed by atoms with Gasteiger partial charge in [-0.05, 0) is 48.2 Å². The average Bonchev–Trinajstić information content (AvgIpc) is 3.27. The quantitative estimate of drug-likeness (QED) is 0.292. The van der Waals surface area contributed by atoms with Crippen LogP contribution in [0, 0.1) is 11.7 Å². The lowest BCUT2D eigenvalue weighted by Gasteiger charge is -2.22. The third-order valence-electron chi connectivity index (χ3n) is 7.07. The van der Waals surface area contributed by atoms with Crippen LogP contribution in [-0.4, -0.2) is 19.5 Å². The number of carbonyl (C=O) groups excluding carboxylic acids is 1. The topological polar surface area (TPSA) is 54.3 Å². The molecule has 0 saturated heterocycles. The second kappa shape index (κ2) is 10.3. The van der Waals surface area contributed by atoms with Crippen molar-refractivity contribution < 1.29 is 13.6 Å². The molecule has 5 rings (SSSR count). The molecule has 1 aromatic heterocycles. The zero-order valence-corrected chi connectivity index (χ0v) is 20.1. The number of halogens is 1. The first kappa shape index (κ1) is 23.2. The predicted molar refractivity (Wildman–Crippen MR) is 140 cm³/mol. The Kier molecular flexibility index (Phi) is 6.84. The van der Waals surface area contributed by atoms with Crippen LogP contribution in [0.1, 0.15) is 48.9 Å². The van der Waals surface area contributed by atoms with Crippen molar-refractivity contribution in [3.63, 3.8) is 0 Å². The van der Waals surface area contributed by atoms with Crippen molar-refractivity contribution in [1.29, 1.82) is 0 Å². The maximum atomic E-state index is 13.6. The van der Waals surface area contributed by atoms with Gasteiger partial charge < -0.3 is 15.1 Å². The number of benzene rings is 3. The molecule has 1 aliphatic rings. The Labute approximate surface area is 205 Å². The summed E-state index contributed by atoms with van der Waals surface area (Å²) < 4.78 is 19.8. The molecule has 4 aromatic rings. The van der Waals surface area contributed by atoms with Crippen LogP contribution in [0.3, 0.4) is 0 Å². The maximum absolute atomic E-state index is 13.6. The Morgan fingerprint density at radius 1 is 0.971 bits per heavy atom. The summed E-state index contributed by atoms with van der Waals surface area (Å²) in [5, 5.41) is 7.13. The lowest BCUT2D eigenvalue weighted by Crippen LogP contribution is -2.18. The summed E-state index contributed by atoms with van der Waals surface area (Å²) >= 11 is 0. The molecule has 1 heterocycles. The zero-order valence-electron chi connectivity index (χ0n) is 20.1. The Morgan fingerprint density at radius 2 is 1.71 bits per heavy atom. The summed E-state index contributed by atoms with van der Waals surface area (Å²) in [6.07, 6.45) is 7.83. The van der Waals surface area contributed by atoms with Crippen LogP contribution in [0.2, 0.25) is 0 Å². The SMILES string of the molecule is CNC(=O)c1c(-c2ccc(F)cc2)oc2cc(NCCC3CCCCC3)c(-c3ccccc3)cc12. The molecule has 0 radical (unpaired) electrons. The van der Waals surface area contributed by atoms with Crippen LogP contribution in [0.5, 0.6) is 0 Å². The number of carbonyl (C=O) groups is 1. The fourth-order valence-electron chi connectivity index (χ4n) is 5.19. The van der Waals surface area contributed by atoms with Gasteiger partial charge in [0.05, 0.1) is 5.56 Å².